The molecule has 0 unspecified atom stereocenters. The SMILES string of the molecule is CCCCOc1c([C@H](C)O)cc(C(C)(C)C)cc1C(C)(C)C. The zero-order chi connectivity index (χ0) is 17.1. The van der Waals surface area contributed by atoms with Crippen molar-refractivity contribution in [3.05, 3.63) is 28.8 Å². The number of hydrogen-bond acceptors (Lipinski definition) is 2. The van der Waals surface area contributed by atoms with E-state index >= 15 is 0 Å². The van der Waals surface area contributed by atoms with E-state index in [9.17, 15) is 5.11 Å². The summed E-state index contributed by atoms with van der Waals surface area (Å²) in [6, 6.07) is 4.37. The van der Waals surface area contributed by atoms with Gasteiger partial charge in [0.15, 0.2) is 0 Å². The van der Waals surface area contributed by atoms with Gasteiger partial charge in [0.1, 0.15) is 5.75 Å². The van der Waals surface area contributed by atoms with Gasteiger partial charge in [-0.15, -0.1) is 0 Å². The van der Waals surface area contributed by atoms with Crippen molar-refractivity contribution < 1.29 is 9.84 Å². The van der Waals surface area contributed by atoms with Gasteiger partial charge in [0, 0.05) is 11.1 Å². The van der Waals surface area contributed by atoms with Crippen LogP contribution in [-0.4, -0.2) is 11.7 Å². The average molecular weight is 306 g/mol. The first-order valence-corrected chi connectivity index (χ1v) is 8.48. The van der Waals surface area contributed by atoms with Gasteiger partial charge < -0.3 is 9.84 Å². The van der Waals surface area contributed by atoms with Gasteiger partial charge in [-0.2, -0.15) is 0 Å². The number of aliphatic hydroxyl groups excluding tert-OH is 1. The van der Waals surface area contributed by atoms with Crippen molar-refractivity contribution in [1.82, 2.24) is 0 Å². The second-order valence-electron chi connectivity index (χ2n) is 8.32. The molecule has 1 aromatic carbocycles. The van der Waals surface area contributed by atoms with Crippen LogP contribution in [-0.2, 0) is 10.8 Å². The number of hydrogen-bond donors (Lipinski definition) is 1. The molecule has 1 atom stereocenters. The molecule has 0 radical (unpaired) electrons. The minimum absolute atomic E-state index is 0.0214. The van der Waals surface area contributed by atoms with Crippen molar-refractivity contribution in [3.63, 3.8) is 0 Å². The third kappa shape index (κ3) is 4.74. The monoisotopic (exact) mass is 306 g/mol. The zero-order valence-corrected chi connectivity index (χ0v) is 15.7. The molecule has 126 valence electrons. The van der Waals surface area contributed by atoms with Gasteiger partial charge in [-0.25, -0.2) is 0 Å². The number of ether oxygens (including phenoxy) is 1. The number of aliphatic hydroxyl groups is 1. The van der Waals surface area contributed by atoms with Gasteiger partial charge in [-0.1, -0.05) is 61.0 Å². The van der Waals surface area contributed by atoms with E-state index in [-0.39, 0.29) is 10.8 Å². The van der Waals surface area contributed by atoms with E-state index in [0.717, 1.165) is 24.2 Å². The first-order valence-electron chi connectivity index (χ1n) is 8.48. The van der Waals surface area contributed by atoms with Gasteiger partial charge in [0.25, 0.3) is 0 Å². The molecule has 0 heterocycles. The normalized spacial score (nSPS) is 14.0. The summed E-state index contributed by atoms with van der Waals surface area (Å²) in [6.07, 6.45) is 1.61. The second-order valence-corrected chi connectivity index (χ2v) is 8.32. The van der Waals surface area contributed by atoms with Gasteiger partial charge in [-0.05, 0) is 35.8 Å². The molecule has 2 nitrogen and oxygen atoms in total. The number of benzene rings is 1. The number of rotatable bonds is 5. The molecule has 1 aromatic rings. The maximum absolute atomic E-state index is 10.3. The Morgan fingerprint density at radius 3 is 2.05 bits per heavy atom. The smallest absolute Gasteiger partial charge is 0.128 e. The van der Waals surface area contributed by atoms with Crippen LogP contribution in [0, 0.1) is 0 Å². The summed E-state index contributed by atoms with van der Waals surface area (Å²) in [6.45, 7) is 17.9. The van der Waals surface area contributed by atoms with Gasteiger partial charge in [-0.3, -0.25) is 0 Å². The Hall–Kier alpha value is -1.02. The van der Waals surface area contributed by atoms with E-state index in [2.05, 4.69) is 60.6 Å². The topological polar surface area (TPSA) is 29.5 Å². The summed E-state index contributed by atoms with van der Waals surface area (Å²) in [5.74, 6) is 0.879. The Balaban J connectivity index is 3.49. The van der Waals surface area contributed by atoms with Crippen LogP contribution in [0.4, 0.5) is 0 Å². The van der Waals surface area contributed by atoms with Crippen LogP contribution in [0.15, 0.2) is 12.1 Å². The van der Waals surface area contributed by atoms with Crippen LogP contribution < -0.4 is 4.74 Å². The zero-order valence-electron chi connectivity index (χ0n) is 15.7. The van der Waals surface area contributed by atoms with E-state index < -0.39 is 6.10 Å². The highest BCUT2D eigenvalue weighted by Crippen LogP contribution is 2.40. The molecule has 0 saturated carbocycles. The van der Waals surface area contributed by atoms with Crippen molar-refractivity contribution in [2.24, 2.45) is 0 Å². The largest absolute Gasteiger partial charge is 0.493 e. The molecule has 0 spiro atoms. The average Bonchev–Trinajstić information content (AvgIpc) is 2.36. The molecule has 1 rings (SSSR count). The Bertz CT molecular complexity index is 488. The van der Waals surface area contributed by atoms with E-state index in [4.69, 9.17) is 4.74 Å². The van der Waals surface area contributed by atoms with Gasteiger partial charge in [0.2, 0.25) is 0 Å². The molecule has 2 heteroatoms. The second kappa shape index (κ2) is 7.04. The third-order valence-corrected chi connectivity index (χ3v) is 3.99. The fourth-order valence-corrected chi connectivity index (χ4v) is 2.43. The standard InChI is InChI=1S/C20H34O2/c1-9-10-11-22-18-16(14(2)21)12-15(19(3,4)5)13-17(18)20(6,7)8/h12-14,21H,9-11H2,1-8H3/t14-/m0/s1. The first kappa shape index (κ1) is 19.0. The molecule has 0 saturated heterocycles. The molecular formula is C20H34O2. The van der Waals surface area contributed by atoms with E-state index in [0.29, 0.717) is 6.61 Å². The lowest BCUT2D eigenvalue weighted by molar-refractivity contribution is 0.189. The molecule has 0 aliphatic heterocycles. The van der Waals surface area contributed by atoms with Crippen LogP contribution in [0.5, 0.6) is 5.75 Å². The highest BCUT2D eigenvalue weighted by atomic mass is 16.5. The van der Waals surface area contributed by atoms with Gasteiger partial charge in [0.05, 0.1) is 12.7 Å². The van der Waals surface area contributed by atoms with Crippen LogP contribution in [0.25, 0.3) is 0 Å². The van der Waals surface area contributed by atoms with Crippen LogP contribution in [0.2, 0.25) is 0 Å². The van der Waals surface area contributed by atoms with E-state index in [1.807, 2.05) is 6.92 Å². The maximum atomic E-state index is 10.3. The fourth-order valence-electron chi connectivity index (χ4n) is 2.43. The summed E-state index contributed by atoms with van der Waals surface area (Å²) in [7, 11) is 0. The quantitative estimate of drug-likeness (QED) is 0.726. The minimum Gasteiger partial charge on any atom is -0.493 e. The molecule has 22 heavy (non-hydrogen) atoms. The Morgan fingerprint density at radius 2 is 1.64 bits per heavy atom. The van der Waals surface area contributed by atoms with Crippen molar-refractivity contribution >= 4 is 0 Å². The predicted octanol–water partition coefficient (Wildman–Crippen LogP) is 5.51. The first-order chi connectivity index (χ1) is 9.98. The lowest BCUT2D eigenvalue weighted by Gasteiger charge is -2.30. The molecule has 0 aromatic heterocycles. The third-order valence-electron chi connectivity index (χ3n) is 3.99. The molecule has 0 aliphatic carbocycles. The fraction of sp³-hybridized carbons (Fsp3) is 0.700. The Labute approximate surface area is 136 Å². The molecule has 0 aliphatic rings. The molecule has 0 amide bonds. The molecular weight excluding hydrogens is 272 g/mol. The minimum atomic E-state index is -0.528. The van der Waals surface area contributed by atoms with Crippen LogP contribution in [0.1, 0.15) is 91.0 Å². The molecule has 0 fully saturated rings. The molecule has 0 bridgehead atoms. The predicted molar refractivity (Wildman–Crippen MR) is 94.9 cm³/mol. The van der Waals surface area contributed by atoms with E-state index in [1.165, 1.54) is 11.1 Å². The Morgan fingerprint density at radius 1 is 1.05 bits per heavy atom. The summed E-state index contributed by atoms with van der Waals surface area (Å²) in [4.78, 5) is 0. The lowest BCUT2D eigenvalue weighted by atomic mass is 9.78. The molecule has 1 N–H and O–H groups in total. The lowest BCUT2D eigenvalue weighted by Crippen LogP contribution is -2.20. The van der Waals surface area contributed by atoms with Crippen molar-refractivity contribution in [2.75, 3.05) is 6.61 Å². The highest BCUT2D eigenvalue weighted by Gasteiger charge is 2.27. The van der Waals surface area contributed by atoms with Gasteiger partial charge >= 0.3 is 0 Å². The summed E-state index contributed by atoms with van der Waals surface area (Å²) in [5, 5.41) is 10.3. The summed E-state index contributed by atoms with van der Waals surface area (Å²) < 4.78 is 6.10. The van der Waals surface area contributed by atoms with Crippen molar-refractivity contribution in [2.45, 2.75) is 85.2 Å². The highest BCUT2D eigenvalue weighted by molar-refractivity contribution is 5.50. The van der Waals surface area contributed by atoms with Crippen LogP contribution in [0.3, 0.4) is 0 Å². The maximum Gasteiger partial charge on any atom is 0.128 e. The van der Waals surface area contributed by atoms with Crippen LogP contribution >= 0.6 is 0 Å². The Kier molecular flexibility index (Phi) is 6.09. The number of unbranched alkanes of at least 4 members (excludes halogenated alkanes) is 1. The van der Waals surface area contributed by atoms with E-state index in [1.54, 1.807) is 0 Å². The van der Waals surface area contributed by atoms with Crippen molar-refractivity contribution in [3.8, 4) is 5.75 Å². The summed E-state index contributed by atoms with van der Waals surface area (Å²) in [5.41, 5.74) is 3.37. The van der Waals surface area contributed by atoms with Crippen molar-refractivity contribution in [1.29, 1.82) is 0 Å². The summed E-state index contributed by atoms with van der Waals surface area (Å²) >= 11 is 0.